The van der Waals surface area contributed by atoms with Gasteiger partial charge in [-0.2, -0.15) is 0 Å². The van der Waals surface area contributed by atoms with E-state index >= 15 is 0 Å². The van der Waals surface area contributed by atoms with E-state index in [1.807, 2.05) is 17.0 Å². The Labute approximate surface area is 232 Å². The van der Waals surface area contributed by atoms with Crippen molar-refractivity contribution in [2.24, 2.45) is 5.73 Å². The Morgan fingerprint density at radius 1 is 1.05 bits per heavy atom. The maximum absolute atomic E-state index is 13.2. The third kappa shape index (κ3) is 5.20. The van der Waals surface area contributed by atoms with Gasteiger partial charge in [-0.25, -0.2) is 0 Å². The molecule has 2 aliphatic rings. The highest BCUT2D eigenvalue weighted by Crippen LogP contribution is 2.31. The zero-order valence-electron chi connectivity index (χ0n) is 20.5. The van der Waals surface area contributed by atoms with E-state index in [1.54, 1.807) is 30.6 Å². The van der Waals surface area contributed by atoms with Gasteiger partial charge in [-0.15, -0.1) is 11.3 Å². The quantitative estimate of drug-likeness (QED) is 0.417. The molecule has 1 aromatic carbocycles. The Kier molecular flexibility index (Phi) is 7.31. The summed E-state index contributed by atoms with van der Waals surface area (Å²) in [7, 11) is 0. The largest absolute Gasteiger partial charge is 0.368 e. The highest BCUT2D eigenvalue weighted by Gasteiger charge is 2.39. The first-order valence-electron chi connectivity index (χ1n) is 12.0. The smallest absolute Gasteiger partial charge is 0.265 e. The van der Waals surface area contributed by atoms with Crippen molar-refractivity contribution in [1.29, 1.82) is 0 Å². The van der Waals surface area contributed by atoms with Gasteiger partial charge in [0.1, 0.15) is 6.04 Å². The zero-order chi connectivity index (χ0) is 27.7. The number of pyridine rings is 1. The number of halogens is 1. The second-order valence-corrected chi connectivity index (χ2v) is 10.7. The molecule has 5 amide bonds. The molecule has 1 unspecified atom stereocenters. The average molecular weight is 567 g/mol. The van der Waals surface area contributed by atoms with Gasteiger partial charge in [-0.1, -0.05) is 17.7 Å². The number of carbonyl (C=O) groups is 5. The van der Waals surface area contributed by atoms with Gasteiger partial charge in [0.2, 0.25) is 11.8 Å². The fourth-order valence-electron chi connectivity index (χ4n) is 4.73. The second-order valence-electron chi connectivity index (χ2n) is 8.95. The molecule has 1 atom stereocenters. The predicted molar refractivity (Wildman–Crippen MR) is 145 cm³/mol. The number of primary amides is 1. The number of thiophene rings is 1. The van der Waals surface area contributed by atoms with Crippen molar-refractivity contribution in [3.8, 4) is 0 Å². The molecule has 2 aromatic heterocycles. The summed E-state index contributed by atoms with van der Waals surface area (Å²) in [6.45, 7) is 0.761. The molecule has 3 aromatic rings. The summed E-state index contributed by atoms with van der Waals surface area (Å²) in [5.41, 5.74) is 6.87. The van der Waals surface area contributed by atoms with Crippen LogP contribution in [0, 0.1) is 0 Å². The molecule has 2 aliphatic heterocycles. The summed E-state index contributed by atoms with van der Waals surface area (Å²) < 4.78 is 0.442. The lowest BCUT2D eigenvalue weighted by Crippen LogP contribution is -2.60. The lowest BCUT2D eigenvalue weighted by molar-refractivity contribution is -0.139. The lowest BCUT2D eigenvalue weighted by atomic mass is 10.1. The Balaban J connectivity index is 1.26. The third-order valence-electron chi connectivity index (χ3n) is 6.65. The molecular formula is C26H23ClN6O5S. The summed E-state index contributed by atoms with van der Waals surface area (Å²) in [4.78, 5) is 72.9. The number of nitrogens with one attached hydrogen (secondary N) is 1. The first-order valence-corrected chi connectivity index (χ1v) is 13.2. The van der Waals surface area contributed by atoms with E-state index in [2.05, 4.69) is 10.3 Å². The zero-order valence-corrected chi connectivity index (χ0v) is 22.1. The average Bonchev–Trinajstić information content (AvgIpc) is 3.48. The number of rotatable bonds is 7. The molecule has 0 bridgehead atoms. The number of hydrogen-bond donors (Lipinski definition) is 2. The maximum Gasteiger partial charge on any atom is 0.265 e. The molecule has 1 fully saturated rings. The van der Waals surface area contributed by atoms with E-state index in [-0.39, 0.29) is 42.9 Å². The van der Waals surface area contributed by atoms with Crippen molar-refractivity contribution in [2.75, 3.05) is 36.4 Å². The van der Waals surface area contributed by atoms with E-state index in [4.69, 9.17) is 17.3 Å². The van der Waals surface area contributed by atoms with E-state index in [0.29, 0.717) is 15.8 Å². The summed E-state index contributed by atoms with van der Waals surface area (Å²) in [5, 5.41) is 2.67. The van der Waals surface area contributed by atoms with Crippen LogP contribution in [0.3, 0.4) is 0 Å². The summed E-state index contributed by atoms with van der Waals surface area (Å²) in [5.74, 6) is -2.68. The van der Waals surface area contributed by atoms with Crippen molar-refractivity contribution < 1.29 is 24.0 Å². The van der Waals surface area contributed by atoms with E-state index < -0.39 is 35.6 Å². The van der Waals surface area contributed by atoms with Crippen LogP contribution in [-0.2, 0) is 9.59 Å². The van der Waals surface area contributed by atoms with Gasteiger partial charge < -0.3 is 20.9 Å². The fraction of sp³-hybridized carbons (Fsp3) is 0.231. The van der Waals surface area contributed by atoms with Crippen molar-refractivity contribution in [3.05, 3.63) is 75.2 Å². The Morgan fingerprint density at radius 3 is 2.51 bits per heavy atom. The number of aromatic nitrogens is 1. The van der Waals surface area contributed by atoms with Crippen LogP contribution in [0.4, 0.5) is 11.4 Å². The number of nitrogens with zero attached hydrogens (tertiary/aromatic N) is 4. The minimum atomic E-state index is -0.867. The number of amides is 5. The van der Waals surface area contributed by atoms with Gasteiger partial charge >= 0.3 is 0 Å². The van der Waals surface area contributed by atoms with Crippen LogP contribution in [0.1, 0.15) is 36.8 Å². The number of fused-ring (bicyclic) bond motifs is 1. The molecule has 4 heterocycles. The topological polar surface area (TPSA) is 146 Å². The molecule has 0 spiro atoms. The molecule has 0 aliphatic carbocycles. The SMILES string of the molecule is NC(=O)C1CN(c2ccncc2)CCN1C(=O)CCN1C(=O)c2cccc(NC(=O)c3ccc(Cl)s3)c2C1=O. The van der Waals surface area contributed by atoms with Gasteiger partial charge in [0.05, 0.1) is 26.0 Å². The minimum Gasteiger partial charge on any atom is -0.368 e. The lowest BCUT2D eigenvalue weighted by Gasteiger charge is -2.41. The molecule has 13 heteroatoms. The van der Waals surface area contributed by atoms with Crippen LogP contribution < -0.4 is 16.0 Å². The molecule has 5 rings (SSSR count). The van der Waals surface area contributed by atoms with Crippen LogP contribution in [0.15, 0.2) is 54.9 Å². The van der Waals surface area contributed by atoms with Gasteiger partial charge in [0.25, 0.3) is 17.7 Å². The van der Waals surface area contributed by atoms with Crippen molar-refractivity contribution in [1.82, 2.24) is 14.8 Å². The number of carbonyl (C=O) groups excluding carboxylic acids is 5. The van der Waals surface area contributed by atoms with Crippen LogP contribution in [0.5, 0.6) is 0 Å². The fourth-order valence-corrected chi connectivity index (χ4v) is 5.66. The first kappa shape index (κ1) is 26.3. The maximum atomic E-state index is 13.2. The monoisotopic (exact) mass is 566 g/mol. The normalized spacial score (nSPS) is 16.8. The summed E-state index contributed by atoms with van der Waals surface area (Å²) in [6, 6.07) is 10.5. The third-order valence-corrected chi connectivity index (χ3v) is 7.88. The van der Waals surface area contributed by atoms with Crippen LogP contribution >= 0.6 is 22.9 Å². The van der Waals surface area contributed by atoms with Crippen molar-refractivity contribution in [2.45, 2.75) is 12.5 Å². The molecule has 11 nitrogen and oxygen atoms in total. The number of anilines is 2. The standard InChI is InChI=1S/C26H23ClN6O5S/c27-20-5-4-19(39-20)24(36)30-17-3-1-2-16-22(17)26(38)33(25(16)37)11-8-21(34)32-13-12-31(14-18(32)23(28)35)15-6-9-29-10-7-15/h1-7,9-10,18H,8,11-14H2,(H2,28,35)(H,30,36). The van der Waals surface area contributed by atoms with Gasteiger partial charge in [0.15, 0.2) is 0 Å². The Morgan fingerprint density at radius 2 is 1.82 bits per heavy atom. The minimum absolute atomic E-state index is 0.0620. The molecule has 0 radical (unpaired) electrons. The molecule has 0 saturated carbocycles. The van der Waals surface area contributed by atoms with E-state index in [9.17, 15) is 24.0 Å². The predicted octanol–water partition coefficient (Wildman–Crippen LogP) is 2.24. The summed E-state index contributed by atoms with van der Waals surface area (Å²) in [6.07, 6.45) is 3.10. The number of imide groups is 1. The van der Waals surface area contributed by atoms with Gasteiger partial charge in [-0.3, -0.25) is 33.9 Å². The Hall–Kier alpha value is -4.29. The molecular weight excluding hydrogens is 544 g/mol. The number of nitrogens with two attached hydrogens (primary N) is 1. The van der Waals surface area contributed by atoms with E-state index in [0.717, 1.165) is 21.9 Å². The second kappa shape index (κ2) is 10.8. The number of piperazine rings is 1. The summed E-state index contributed by atoms with van der Waals surface area (Å²) >= 11 is 7.00. The highest BCUT2D eigenvalue weighted by molar-refractivity contribution is 7.18. The van der Waals surface area contributed by atoms with Crippen LogP contribution in [0.25, 0.3) is 0 Å². The van der Waals surface area contributed by atoms with E-state index in [1.165, 1.54) is 17.0 Å². The van der Waals surface area contributed by atoms with Gasteiger partial charge in [0, 0.05) is 50.7 Å². The number of hydrogen-bond acceptors (Lipinski definition) is 8. The first-order chi connectivity index (χ1) is 18.7. The Bertz CT molecular complexity index is 1480. The van der Waals surface area contributed by atoms with Crippen molar-refractivity contribution in [3.63, 3.8) is 0 Å². The van der Waals surface area contributed by atoms with Crippen LogP contribution in [0.2, 0.25) is 4.34 Å². The van der Waals surface area contributed by atoms with Gasteiger partial charge in [-0.05, 0) is 36.4 Å². The molecule has 1 saturated heterocycles. The molecule has 3 N–H and O–H groups in total. The molecule has 200 valence electrons. The number of benzene rings is 1. The molecule has 39 heavy (non-hydrogen) atoms. The van der Waals surface area contributed by atoms with Crippen LogP contribution in [-0.4, -0.2) is 76.5 Å². The highest BCUT2D eigenvalue weighted by atomic mass is 35.5. The van der Waals surface area contributed by atoms with Crippen molar-refractivity contribution >= 4 is 63.8 Å².